The summed E-state index contributed by atoms with van der Waals surface area (Å²) in [4.78, 5) is 15.5. The van der Waals surface area contributed by atoms with E-state index in [0.717, 1.165) is 16.1 Å². The molecule has 2 aromatic heterocycles. The van der Waals surface area contributed by atoms with Gasteiger partial charge in [-0.2, -0.15) is 0 Å². The highest BCUT2D eigenvalue weighted by molar-refractivity contribution is 9.10. The highest BCUT2D eigenvalue weighted by atomic mass is 79.9. The molecule has 76 valence electrons. The second-order valence-corrected chi connectivity index (χ2v) is 4.04. The van der Waals surface area contributed by atoms with Crippen LogP contribution in [0, 0.1) is 0 Å². The van der Waals surface area contributed by atoms with Gasteiger partial charge in [0, 0.05) is 5.38 Å². The summed E-state index contributed by atoms with van der Waals surface area (Å²) in [6, 6.07) is 3.49. The van der Waals surface area contributed by atoms with Crippen LogP contribution in [0.3, 0.4) is 0 Å². The lowest BCUT2D eigenvalue weighted by Crippen LogP contribution is -2.12. The number of rotatable bonds is 2. The molecule has 2 aromatic rings. The van der Waals surface area contributed by atoms with Crippen LogP contribution in [0.25, 0.3) is 0 Å². The average Bonchev–Trinajstić information content (AvgIpc) is 2.74. The molecule has 0 radical (unpaired) electrons. The largest absolute Gasteiger partial charge is 0.319 e. The van der Waals surface area contributed by atoms with Gasteiger partial charge in [-0.25, -0.2) is 4.98 Å². The molecular formula is C8H5BrN4OS. The van der Waals surface area contributed by atoms with Gasteiger partial charge in [0.15, 0.2) is 5.69 Å². The molecule has 1 amide bonds. The number of nitrogens with one attached hydrogen (secondary N) is 1. The molecule has 2 heterocycles. The Labute approximate surface area is 97.8 Å². The molecule has 0 aliphatic carbocycles. The van der Waals surface area contributed by atoms with E-state index in [-0.39, 0.29) is 5.91 Å². The first-order valence-corrected chi connectivity index (χ1v) is 5.58. The van der Waals surface area contributed by atoms with Gasteiger partial charge >= 0.3 is 0 Å². The van der Waals surface area contributed by atoms with Crippen LogP contribution in [0.5, 0.6) is 0 Å². The summed E-state index contributed by atoms with van der Waals surface area (Å²) in [7, 11) is 0. The lowest BCUT2D eigenvalue weighted by molar-refractivity contribution is 0.102. The second-order valence-electron chi connectivity index (χ2n) is 2.61. The van der Waals surface area contributed by atoms with Crippen molar-refractivity contribution in [3.05, 3.63) is 34.0 Å². The van der Waals surface area contributed by atoms with Crippen molar-refractivity contribution in [1.82, 2.24) is 14.6 Å². The molecule has 0 spiro atoms. The predicted molar refractivity (Wildman–Crippen MR) is 59.8 cm³/mol. The van der Waals surface area contributed by atoms with Crippen LogP contribution >= 0.6 is 27.5 Å². The smallest absolute Gasteiger partial charge is 0.277 e. The number of hydrogen-bond donors (Lipinski definition) is 1. The fraction of sp³-hybridized carbons (Fsp3) is 0. The molecule has 15 heavy (non-hydrogen) atoms. The summed E-state index contributed by atoms with van der Waals surface area (Å²) in [5.41, 5.74) is 0.930. The van der Waals surface area contributed by atoms with E-state index in [4.69, 9.17) is 0 Å². The van der Waals surface area contributed by atoms with Gasteiger partial charge in [-0.15, -0.1) is 5.10 Å². The van der Waals surface area contributed by atoms with Crippen molar-refractivity contribution >= 4 is 39.1 Å². The normalized spacial score (nSPS) is 9.93. The monoisotopic (exact) mass is 284 g/mol. The molecule has 5 nitrogen and oxygen atoms in total. The highest BCUT2D eigenvalue weighted by Crippen LogP contribution is 2.11. The molecule has 0 aromatic carbocycles. The Morgan fingerprint density at radius 1 is 1.47 bits per heavy atom. The standard InChI is InChI=1S/C8H5BrN4OS/c9-7-2-1-5(3-10-7)11-8(14)6-4-15-13-12-6/h1-4H,(H,11,14). The number of hydrogen-bond acceptors (Lipinski definition) is 5. The maximum Gasteiger partial charge on any atom is 0.277 e. The summed E-state index contributed by atoms with van der Waals surface area (Å²) < 4.78 is 4.33. The van der Waals surface area contributed by atoms with Gasteiger partial charge in [0.2, 0.25) is 0 Å². The third kappa shape index (κ3) is 2.57. The van der Waals surface area contributed by atoms with Crippen LogP contribution in [0.4, 0.5) is 5.69 Å². The van der Waals surface area contributed by atoms with Crippen LogP contribution in [0.2, 0.25) is 0 Å². The number of carbonyl (C=O) groups is 1. The number of pyridine rings is 1. The lowest BCUT2D eigenvalue weighted by Gasteiger charge is -2.01. The summed E-state index contributed by atoms with van der Waals surface area (Å²) in [5, 5.41) is 7.90. The summed E-state index contributed by atoms with van der Waals surface area (Å²) >= 11 is 4.34. The van der Waals surface area contributed by atoms with Gasteiger partial charge in [-0.05, 0) is 39.6 Å². The van der Waals surface area contributed by atoms with Crippen LogP contribution in [0.1, 0.15) is 10.5 Å². The minimum absolute atomic E-state index is 0.284. The predicted octanol–water partition coefficient (Wildman–Crippen LogP) is 1.95. The van der Waals surface area contributed by atoms with Crippen molar-refractivity contribution in [2.45, 2.75) is 0 Å². The summed E-state index contributed by atoms with van der Waals surface area (Å²) in [5.74, 6) is -0.284. The molecule has 0 aliphatic heterocycles. The van der Waals surface area contributed by atoms with Gasteiger partial charge < -0.3 is 5.32 Å². The molecule has 2 rings (SSSR count). The number of halogens is 1. The first-order valence-electron chi connectivity index (χ1n) is 3.95. The van der Waals surface area contributed by atoms with E-state index < -0.39 is 0 Å². The summed E-state index contributed by atoms with van der Waals surface area (Å²) in [6.45, 7) is 0. The van der Waals surface area contributed by atoms with Crippen molar-refractivity contribution in [3.63, 3.8) is 0 Å². The van der Waals surface area contributed by atoms with Gasteiger partial charge in [0.05, 0.1) is 11.9 Å². The molecule has 0 unspecified atom stereocenters. The Balaban J connectivity index is 2.09. The SMILES string of the molecule is O=C(Nc1ccc(Br)nc1)c1csnn1. The van der Waals surface area contributed by atoms with Crippen LogP contribution in [-0.4, -0.2) is 20.5 Å². The molecule has 1 N–H and O–H groups in total. The highest BCUT2D eigenvalue weighted by Gasteiger charge is 2.08. The van der Waals surface area contributed by atoms with Crippen molar-refractivity contribution < 1.29 is 4.79 Å². The van der Waals surface area contributed by atoms with E-state index in [2.05, 4.69) is 35.8 Å². The quantitative estimate of drug-likeness (QED) is 0.856. The topological polar surface area (TPSA) is 67.8 Å². The third-order valence-corrected chi connectivity index (χ3v) is 2.55. The first-order chi connectivity index (χ1) is 7.25. The molecule has 0 bridgehead atoms. The zero-order valence-corrected chi connectivity index (χ0v) is 9.75. The van der Waals surface area contributed by atoms with Crippen LogP contribution < -0.4 is 5.32 Å². The van der Waals surface area contributed by atoms with Crippen LogP contribution in [0.15, 0.2) is 28.3 Å². The molecule has 0 atom stereocenters. The second kappa shape index (κ2) is 4.45. The number of nitrogens with zero attached hydrogens (tertiary/aromatic N) is 3. The zero-order chi connectivity index (χ0) is 10.7. The zero-order valence-electron chi connectivity index (χ0n) is 7.35. The van der Waals surface area contributed by atoms with Gasteiger partial charge in [0.1, 0.15) is 4.60 Å². The van der Waals surface area contributed by atoms with Crippen molar-refractivity contribution in [2.24, 2.45) is 0 Å². The number of amides is 1. The average molecular weight is 285 g/mol. The maximum absolute atomic E-state index is 11.5. The lowest BCUT2D eigenvalue weighted by atomic mass is 10.4. The van der Waals surface area contributed by atoms with E-state index >= 15 is 0 Å². The van der Waals surface area contributed by atoms with Crippen LogP contribution in [-0.2, 0) is 0 Å². The Hall–Kier alpha value is -1.34. The molecule has 0 aliphatic rings. The minimum Gasteiger partial charge on any atom is -0.319 e. The van der Waals surface area contributed by atoms with Crippen molar-refractivity contribution in [3.8, 4) is 0 Å². The van der Waals surface area contributed by atoms with Gasteiger partial charge in [-0.1, -0.05) is 4.49 Å². The Morgan fingerprint density at radius 2 is 2.33 bits per heavy atom. The van der Waals surface area contributed by atoms with Crippen molar-refractivity contribution in [1.29, 1.82) is 0 Å². The van der Waals surface area contributed by atoms with Crippen molar-refractivity contribution in [2.75, 3.05) is 5.32 Å². The van der Waals surface area contributed by atoms with E-state index in [1.165, 1.54) is 0 Å². The fourth-order valence-corrected chi connectivity index (χ4v) is 1.58. The Kier molecular flexibility index (Phi) is 3.02. The van der Waals surface area contributed by atoms with E-state index in [0.29, 0.717) is 11.4 Å². The Morgan fingerprint density at radius 3 is 2.93 bits per heavy atom. The molecule has 0 saturated carbocycles. The van der Waals surface area contributed by atoms with E-state index in [1.807, 2.05) is 0 Å². The fourth-order valence-electron chi connectivity index (χ4n) is 0.908. The number of anilines is 1. The molecule has 0 saturated heterocycles. The number of aromatic nitrogens is 3. The van der Waals surface area contributed by atoms with Gasteiger partial charge in [0.25, 0.3) is 5.91 Å². The molecular weight excluding hydrogens is 280 g/mol. The number of carbonyl (C=O) groups excluding carboxylic acids is 1. The van der Waals surface area contributed by atoms with E-state index in [9.17, 15) is 4.79 Å². The van der Waals surface area contributed by atoms with E-state index in [1.54, 1.807) is 23.7 Å². The Bertz CT molecular complexity index is 456. The molecule has 0 fully saturated rings. The minimum atomic E-state index is -0.284. The maximum atomic E-state index is 11.5. The summed E-state index contributed by atoms with van der Waals surface area (Å²) in [6.07, 6.45) is 1.56. The third-order valence-electron chi connectivity index (χ3n) is 1.58. The van der Waals surface area contributed by atoms with Gasteiger partial charge in [-0.3, -0.25) is 4.79 Å². The first kappa shape index (κ1) is 10.2. The molecule has 7 heteroatoms.